The number of hydrogen-bond acceptors (Lipinski definition) is 2. The Kier molecular flexibility index (Phi) is 3.19. The molecule has 5 aromatic rings. The maximum absolute atomic E-state index is 5.74. The number of H-pyrrole nitrogens is 2. The molecule has 0 atom stereocenters. The van der Waals surface area contributed by atoms with Crippen LogP contribution in [-0.2, 0) is 12.8 Å². The minimum absolute atomic E-state index is 0.124. The largest absolute Gasteiger partial charge is 0.454 e. The van der Waals surface area contributed by atoms with Crippen LogP contribution >= 0.6 is 0 Å². The van der Waals surface area contributed by atoms with Gasteiger partial charge in [0.2, 0.25) is 6.79 Å². The number of aromatic nitrogens is 2. The third-order valence-electron chi connectivity index (χ3n) is 6.59. The number of ether oxygens (including phenoxy) is 2. The van der Waals surface area contributed by atoms with Crippen molar-refractivity contribution >= 4 is 21.8 Å². The second-order valence-electron chi connectivity index (χ2n) is 8.17. The van der Waals surface area contributed by atoms with Gasteiger partial charge in [-0.2, -0.15) is 0 Å². The Morgan fingerprint density at radius 1 is 0.667 bits per heavy atom. The molecule has 0 unspecified atom stereocenters. The Morgan fingerprint density at radius 3 is 1.93 bits per heavy atom. The van der Waals surface area contributed by atoms with Crippen LogP contribution in [0.3, 0.4) is 0 Å². The third kappa shape index (κ3) is 2.16. The molecule has 30 heavy (non-hydrogen) atoms. The van der Waals surface area contributed by atoms with E-state index in [-0.39, 0.29) is 5.92 Å². The van der Waals surface area contributed by atoms with E-state index in [1.54, 1.807) is 0 Å². The first-order valence-corrected chi connectivity index (χ1v) is 10.5. The highest BCUT2D eigenvalue weighted by Gasteiger charge is 2.32. The first kappa shape index (κ1) is 16.2. The molecular formula is C26H20N2O2. The van der Waals surface area contributed by atoms with Gasteiger partial charge in [-0.15, -0.1) is 0 Å². The summed E-state index contributed by atoms with van der Waals surface area (Å²) in [6, 6.07) is 23.7. The zero-order chi connectivity index (χ0) is 19.7. The van der Waals surface area contributed by atoms with E-state index < -0.39 is 0 Å². The van der Waals surface area contributed by atoms with Crippen molar-refractivity contribution in [2.45, 2.75) is 18.8 Å². The van der Waals surface area contributed by atoms with E-state index in [0.717, 1.165) is 24.3 Å². The summed E-state index contributed by atoms with van der Waals surface area (Å²) in [5, 5.41) is 2.60. The molecule has 4 heteroatoms. The molecule has 0 spiro atoms. The minimum atomic E-state index is 0.124. The molecule has 1 aliphatic heterocycles. The van der Waals surface area contributed by atoms with Crippen LogP contribution in [0.4, 0.5) is 0 Å². The number of aromatic amines is 2. The van der Waals surface area contributed by atoms with Crippen LogP contribution in [0.25, 0.3) is 21.8 Å². The molecule has 3 heterocycles. The van der Waals surface area contributed by atoms with Crippen molar-refractivity contribution in [3.63, 3.8) is 0 Å². The molecule has 2 aromatic heterocycles. The van der Waals surface area contributed by atoms with Gasteiger partial charge in [0.1, 0.15) is 0 Å². The Hall–Kier alpha value is -3.66. The second-order valence-corrected chi connectivity index (χ2v) is 8.17. The minimum Gasteiger partial charge on any atom is -0.454 e. The second kappa shape index (κ2) is 5.92. The lowest BCUT2D eigenvalue weighted by Gasteiger charge is -2.19. The highest BCUT2D eigenvalue weighted by molar-refractivity contribution is 5.91. The molecule has 4 nitrogen and oxygen atoms in total. The highest BCUT2D eigenvalue weighted by atomic mass is 16.7. The fraction of sp³-hybridized carbons (Fsp3) is 0.154. The molecule has 2 N–H and O–H groups in total. The van der Waals surface area contributed by atoms with E-state index >= 15 is 0 Å². The summed E-state index contributed by atoms with van der Waals surface area (Å²) in [6.07, 6.45) is 1.98. The molecule has 146 valence electrons. The van der Waals surface area contributed by atoms with Gasteiger partial charge in [0.15, 0.2) is 11.5 Å². The number of aryl methyl sites for hydroxylation is 2. The highest BCUT2D eigenvalue weighted by Crippen LogP contribution is 2.47. The normalized spacial score (nSPS) is 15.3. The average molecular weight is 392 g/mol. The van der Waals surface area contributed by atoms with E-state index in [1.807, 2.05) is 6.07 Å². The fourth-order valence-electron chi connectivity index (χ4n) is 5.31. The summed E-state index contributed by atoms with van der Waals surface area (Å²) in [5.74, 6) is 1.78. The van der Waals surface area contributed by atoms with Crippen LogP contribution in [0.5, 0.6) is 11.5 Å². The van der Waals surface area contributed by atoms with E-state index in [2.05, 4.69) is 70.6 Å². The van der Waals surface area contributed by atoms with Gasteiger partial charge in [-0.25, -0.2) is 0 Å². The van der Waals surface area contributed by atoms with Gasteiger partial charge in [0.05, 0.1) is 0 Å². The van der Waals surface area contributed by atoms with Gasteiger partial charge in [-0.05, 0) is 53.8 Å². The van der Waals surface area contributed by atoms with E-state index in [4.69, 9.17) is 9.47 Å². The number of rotatable bonds is 1. The van der Waals surface area contributed by atoms with Crippen molar-refractivity contribution in [1.82, 2.24) is 9.97 Å². The van der Waals surface area contributed by atoms with Gasteiger partial charge < -0.3 is 19.4 Å². The van der Waals surface area contributed by atoms with E-state index in [9.17, 15) is 0 Å². The predicted octanol–water partition coefficient (Wildman–Crippen LogP) is 5.66. The third-order valence-corrected chi connectivity index (χ3v) is 6.59. The van der Waals surface area contributed by atoms with Gasteiger partial charge in [-0.3, -0.25) is 0 Å². The summed E-state index contributed by atoms with van der Waals surface area (Å²) in [4.78, 5) is 7.42. The fourth-order valence-corrected chi connectivity index (χ4v) is 5.31. The van der Waals surface area contributed by atoms with Gasteiger partial charge in [0.25, 0.3) is 0 Å². The van der Waals surface area contributed by atoms with Crippen LogP contribution in [0, 0.1) is 0 Å². The molecule has 0 saturated heterocycles. The van der Waals surface area contributed by atoms with Crippen LogP contribution in [-0.4, -0.2) is 16.8 Å². The molecule has 0 fully saturated rings. The molecule has 0 bridgehead atoms. The monoisotopic (exact) mass is 392 g/mol. The molecule has 7 rings (SSSR count). The summed E-state index contributed by atoms with van der Waals surface area (Å²) in [5.41, 5.74) is 9.06. The van der Waals surface area contributed by atoms with Crippen molar-refractivity contribution in [2.75, 3.05) is 6.79 Å². The van der Waals surface area contributed by atoms with Crippen molar-refractivity contribution in [3.8, 4) is 11.5 Å². The Labute approximate surface area is 173 Å². The number of hydrogen-bond donors (Lipinski definition) is 2. The summed E-state index contributed by atoms with van der Waals surface area (Å²) < 4.78 is 11.3. The molecule has 2 aliphatic rings. The van der Waals surface area contributed by atoms with Gasteiger partial charge in [-0.1, -0.05) is 42.5 Å². The molecule has 1 aliphatic carbocycles. The molecule has 3 aromatic carbocycles. The number of para-hydroxylation sites is 2. The molecule has 0 saturated carbocycles. The van der Waals surface area contributed by atoms with Crippen LogP contribution in [0.15, 0.2) is 66.7 Å². The van der Waals surface area contributed by atoms with Crippen LogP contribution in [0.1, 0.15) is 34.0 Å². The summed E-state index contributed by atoms with van der Waals surface area (Å²) in [7, 11) is 0. The lowest BCUT2D eigenvalue weighted by Crippen LogP contribution is -2.05. The predicted molar refractivity (Wildman–Crippen MR) is 118 cm³/mol. The van der Waals surface area contributed by atoms with Crippen molar-refractivity contribution in [2.24, 2.45) is 0 Å². The number of benzene rings is 3. The summed E-state index contributed by atoms with van der Waals surface area (Å²) >= 11 is 0. The Morgan fingerprint density at radius 2 is 1.27 bits per heavy atom. The smallest absolute Gasteiger partial charge is 0.231 e. The standard InChI is InChI=1S/C26H20N2O2/c1-3-7-18-16(5-1)25-20(27-18)10-11-21-26(17-6-2-4-8-19(17)28-21)24(25)15-9-12-22-23(13-15)30-14-29-22/h1-9,12-13,24,27-28H,10-11,14H2. The zero-order valence-electron chi connectivity index (χ0n) is 16.4. The molecular weight excluding hydrogens is 372 g/mol. The van der Waals surface area contributed by atoms with E-state index in [0.29, 0.717) is 6.79 Å². The maximum Gasteiger partial charge on any atom is 0.231 e. The van der Waals surface area contributed by atoms with Crippen LogP contribution < -0.4 is 9.47 Å². The lowest BCUT2D eigenvalue weighted by atomic mass is 9.83. The number of nitrogens with one attached hydrogen (secondary N) is 2. The van der Waals surface area contributed by atoms with Crippen LogP contribution in [0.2, 0.25) is 0 Å². The molecule has 0 radical (unpaired) electrons. The number of fused-ring (bicyclic) bond motifs is 7. The first-order valence-electron chi connectivity index (χ1n) is 10.5. The first-order chi connectivity index (χ1) is 14.9. The van der Waals surface area contributed by atoms with E-state index in [1.165, 1.54) is 49.9 Å². The van der Waals surface area contributed by atoms with Crippen molar-refractivity contribution < 1.29 is 9.47 Å². The van der Waals surface area contributed by atoms with Crippen molar-refractivity contribution in [3.05, 3.63) is 94.8 Å². The lowest BCUT2D eigenvalue weighted by molar-refractivity contribution is 0.174. The maximum atomic E-state index is 5.74. The molecule has 0 amide bonds. The zero-order valence-corrected chi connectivity index (χ0v) is 16.4. The average Bonchev–Trinajstić information content (AvgIpc) is 3.46. The topological polar surface area (TPSA) is 50.0 Å². The van der Waals surface area contributed by atoms with Crippen molar-refractivity contribution in [1.29, 1.82) is 0 Å². The quantitative estimate of drug-likeness (QED) is 0.387. The van der Waals surface area contributed by atoms with Gasteiger partial charge >= 0.3 is 0 Å². The summed E-state index contributed by atoms with van der Waals surface area (Å²) in [6.45, 7) is 0.292. The Bertz CT molecular complexity index is 1360. The Balaban J connectivity index is 1.58. The van der Waals surface area contributed by atoms with Gasteiger partial charge in [0, 0.05) is 39.1 Å². The SMILES string of the molecule is c1ccc2c3c([nH]c2c1)CCc1[nH]c2ccccc2c1C3c1ccc2c(c1)OCO2.